The smallest absolute Gasteiger partial charge is 0.404 e. The summed E-state index contributed by atoms with van der Waals surface area (Å²) >= 11 is 0. The van der Waals surface area contributed by atoms with Crippen molar-refractivity contribution in [2.75, 3.05) is 31.1 Å². The van der Waals surface area contributed by atoms with Gasteiger partial charge in [-0.05, 0) is 19.1 Å². The highest BCUT2D eigenvalue weighted by Crippen LogP contribution is 2.24. The third-order valence-electron chi connectivity index (χ3n) is 3.71. The van der Waals surface area contributed by atoms with Gasteiger partial charge in [0.2, 0.25) is 0 Å². The van der Waals surface area contributed by atoms with Crippen molar-refractivity contribution in [2.24, 2.45) is 0 Å². The van der Waals surface area contributed by atoms with E-state index in [0.29, 0.717) is 12.4 Å². The number of rotatable bonds is 4. The second kappa shape index (κ2) is 6.68. The molecular weight excluding hydrogens is 325 g/mol. The second-order valence-electron chi connectivity index (χ2n) is 5.60. The summed E-state index contributed by atoms with van der Waals surface area (Å²) < 4.78 is 45.5. The Morgan fingerprint density at radius 2 is 1.96 bits per heavy atom. The van der Waals surface area contributed by atoms with E-state index >= 15 is 0 Å². The summed E-state index contributed by atoms with van der Waals surface area (Å²) in [4.78, 5) is 8.31. The third kappa shape index (κ3) is 4.38. The topological polar surface area (TPSA) is 54.6 Å². The number of aromatic nitrogens is 2. The molecule has 1 fully saturated rings. The summed E-state index contributed by atoms with van der Waals surface area (Å²) in [6.07, 6.45) is -3.61. The molecule has 3 rings (SSSR count). The number of halogens is 3. The summed E-state index contributed by atoms with van der Waals surface area (Å²) in [5.74, 6) is 1.15. The van der Waals surface area contributed by atoms with Crippen LogP contribution in [0.5, 0.6) is 5.75 Å². The SMILES string of the molecule is Cc1cc(CN2CCN(c3ccc(OC(F)(F)F)cn3)CC2)on1. The molecule has 0 saturated carbocycles. The third-order valence-corrected chi connectivity index (χ3v) is 3.71. The molecule has 130 valence electrons. The minimum atomic E-state index is -4.70. The van der Waals surface area contributed by atoms with Crippen LogP contribution >= 0.6 is 0 Å². The van der Waals surface area contributed by atoms with Crippen LogP contribution in [0.4, 0.5) is 19.0 Å². The van der Waals surface area contributed by atoms with E-state index in [4.69, 9.17) is 4.52 Å². The van der Waals surface area contributed by atoms with Crippen LogP contribution in [-0.4, -0.2) is 47.6 Å². The Morgan fingerprint density at radius 1 is 1.21 bits per heavy atom. The van der Waals surface area contributed by atoms with Gasteiger partial charge in [-0.1, -0.05) is 5.16 Å². The molecule has 0 atom stereocenters. The summed E-state index contributed by atoms with van der Waals surface area (Å²) in [6.45, 7) is 5.66. The largest absolute Gasteiger partial charge is 0.573 e. The van der Waals surface area contributed by atoms with Crippen LogP contribution in [-0.2, 0) is 6.54 Å². The minimum Gasteiger partial charge on any atom is -0.404 e. The molecule has 2 aromatic rings. The van der Waals surface area contributed by atoms with Crippen molar-refractivity contribution in [1.29, 1.82) is 0 Å². The molecule has 0 N–H and O–H groups in total. The second-order valence-corrected chi connectivity index (χ2v) is 5.60. The number of pyridine rings is 1. The molecule has 9 heteroatoms. The van der Waals surface area contributed by atoms with E-state index in [0.717, 1.165) is 43.8 Å². The lowest BCUT2D eigenvalue weighted by atomic mass is 10.2. The maximum absolute atomic E-state index is 12.1. The predicted molar refractivity (Wildman–Crippen MR) is 79.7 cm³/mol. The number of piperazine rings is 1. The first-order valence-electron chi connectivity index (χ1n) is 7.50. The van der Waals surface area contributed by atoms with Crippen LogP contribution in [0.25, 0.3) is 0 Å². The average Bonchev–Trinajstić information content (AvgIpc) is 2.92. The molecule has 1 aliphatic heterocycles. The van der Waals surface area contributed by atoms with Gasteiger partial charge in [0.05, 0.1) is 18.4 Å². The number of nitrogens with zero attached hydrogens (tertiary/aromatic N) is 4. The molecule has 0 amide bonds. The van der Waals surface area contributed by atoms with Gasteiger partial charge in [-0.2, -0.15) is 0 Å². The normalized spacial score (nSPS) is 16.4. The number of ether oxygens (including phenoxy) is 1. The molecule has 0 unspecified atom stereocenters. The fourth-order valence-corrected chi connectivity index (χ4v) is 2.60. The predicted octanol–water partition coefficient (Wildman–Crippen LogP) is 2.60. The van der Waals surface area contributed by atoms with E-state index in [1.54, 1.807) is 0 Å². The Balaban J connectivity index is 1.52. The number of aryl methyl sites for hydroxylation is 1. The van der Waals surface area contributed by atoms with Gasteiger partial charge in [0.25, 0.3) is 0 Å². The molecule has 2 aromatic heterocycles. The Labute approximate surface area is 136 Å². The highest BCUT2D eigenvalue weighted by atomic mass is 19.4. The van der Waals surface area contributed by atoms with Crippen LogP contribution in [0.3, 0.4) is 0 Å². The summed E-state index contributed by atoms with van der Waals surface area (Å²) in [5.41, 5.74) is 0.856. The summed E-state index contributed by atoms with van der Waals surface area (Å²) in [6, 6.07) is 4.73. The maximum Gasteiger partial charge on any atom is 0.573 e. The Morgan fingerprint density at radius 3 is 2.50 bits per heavy atom. The summed E-state index contributed by atoms with van der Waals surface area (Å²) in [5, 5.41) is 3.86. The first kappa shape index (κ1) is 16.6. The molecular formula is C15H17F3N4O2. The molecule has 24 heavy (non-hydrogen) atoms. The number of hydrogen-bond donors (Lipinski definition) is 0. The van der Waals surface area contributed by atoms with Crippen molar-refractivity contribution in [3.05, 3.63) is 35.9 Å². The van der Waals surface area contributed by atoms with Gasteiger partial charge in [-0.3, -0.25) is 4.90 Å². The lowest BCUT2D eigenvalue weighted by Crippen LogP contribution is -2.46. The number of alkyl halides is 3. The number of hydrogen-bond acceptors (Lipinski definition) is 6. The lowest BCUT2D eigenvalue weighted by Gasteiger charge is -2.34. The molecule has 0 bridgehead atoms. The van der Waals surface area contributed by atoms with E-state index in [1.165, 1.54) is 12.1 Å². The van der Waals surface area contributed by atoms with E-state index in [1.807, 2.05) is 17.9 Å². The Bertz CT molecular complexity index is 664. The lowest BCUT2D eigenvalue weighted by molar-refractivity contribution is -0.274. The van der Waals surface area contributed by atoms with Crippen molar-refractivity contribution >= 4 is 5.82 Å². The first-order chi connectivity index (χ1) is 11.4. The highest BCUT2D eigenvalue weighted by molar-refractivity contribution is 5.41. The summed E-state index contributed by atoms with van der Waals surface area (Å²) in [7, 11) is 0. The monoisotopic (exact) mass is 342 g/mol. The Hall–Kier alpha value is -2.29. The van der Waals surface area contributed by atoms with Crippen LogP contribution in [0.15, 0.2) is 28.9 Å². The highest BCUT2D eigenvalue weighted by Gasteiger charge is 2.31. The van der Waals surface area contributed by atoms with Crippen molar-refractivity contribution in [2.45, 2.75) is 19.8 Å². The zero-order valence-corrected chi connectivity index (χ0v) is 13.1. The molecule has 1 aliphatic rings. The van der Waals surface area contributed by atoms with Gasteiger partial charge in [-0.15, -0.1) is 13.2 Å². The fourth-order valence-electron chi connectivity index (χ4n) is 2.60. The standard InChI is InChI=1S/C15H17F3N4O2/c1-11-8-13(24-20-11)10-21-4-6-22(7-5-21)14-3-2-12(9-19-14)23-15(16,17)18/h2-3,8-9H,4-7,10H2,1H3. The quantitative estimate of drug-likeness (QED) is 0.851. The van der Waals surface area contributed by atoms with E-state index in [2.05, 4.69) is 19.8 Å². The van der Waals surface area contributed by atoms with Crippen molar-refractivity contribution in [3.63, 3.8) is 0 Å². The zero-order chi connectivity index (χ0) is 17.2. The molecule has 0 radical (unpaired) electrons. The zero-order valence-electron chi connectivity index (χ0n) is 13.1. The van der Waals surface area contributed by atoms with E-state index in [9.17, 15) is 13.2 Å². The molecule has 3 heterocycles. The maximum atomic E-state index is 12.1. The van der Waals surface area contributed by atoms with Crippen LogP contribution in [0.2, 0.25) is 0 Å². The van der Waals surface area contributed by atoms with Gasteiger partial charge < -0.3 is 14.2 Å². The van der Waals surface area contributed by atoms with Crippen LogP contribution in [0.1, 0.15) is 11.5 Å². The van der Waals surface area contributed by atoms with Gasteiger partial charge in [0.1, 0.15) is 11.6 Å². The van der Waals surface area contributed by atoms with Crippen LogP contribution in [0, 0.1) is 6.92 Å². The molecule has 0 aliphatic carbocycles. The minimum absolute atomic E-state index is 0.314. The van der Waals surface area contributed by atoms with Gasteiger partial charge in [0, 0.05) is 32.2 Å². The van der Waals surface area contributed by atoms with Gasteiger partial charge in [-0.25, -0.2) is 4.98 Å². The molecule has 0 aromatic carbocycles. The molecule has 6 nitrogen and oxygen atoms in total. The van der Waals surface area contributed by atoms with Crippen molar-refractivity contribution < 1.29 is 22.4 Å². The van der Waals surface area contributed by atoms with E-state index in [-0.39, 0.29) is 5.75 Å². The van der Waals surface area contributed by atoms with Gasteiger partial charge >= 0.3 is 6.36 Å². The van der Waals surface area contributed by atoms with Gasteiger partial charge in [0.15, 0.2) is 5.76 Å². The van der Waals surface area contributed by atoms with Crippen LogP contribution < -0.4 is 9.64 Å². The fraction of sp³-hybridized carbons (Fsp3) is 0.467. The average molecular weight is 342 g/mol. The van der Waals surface area contributed by atoms with Crippen molar-refractivity contribution in [1.82, 2.24) is 15.0 Å². The first-order valence-corrected chi connectivity index (χ1v) is 7.50. The van der Waals surface area contributed by atoms with Crippen molar-refractivity contribution in [3.8, 4) is 5.75 Å². The molecule has 1 saturated heterocycles. The Kier molecular flexibility index (Phi) is 4.61. The molecule has 0 spiro atoms. The van der Waals surface area contributed by atoms with E-state index < -0.39 is 6.36 Å². The number of anilines is 1.